The van der Waals surface area contributed by atoms with Gasteiger partial charge in [-0.3, -0.25) is 0 Å². The van der Waals surface area contributed by atoms with Crippen molar-refractivity contribution in [2.24, 2.45) is 0 Å². The van der Waals surface area contributed by atoms with Gasteiger partial charge in [-0.25, -0.2) is 0 Å². The van der Waals surface area contributed by atoms with Gasteiger partial charge in [-0.15, -0.1) is 13.2 Å². The Morgan fingerprint density at radius 2 is 1.20 bits per heavy atom. The predicted molar refractivity (Wildman–Crippen MR) is 106 cm³/mol. The summed E-state index contributed by atoms with van der Waals surface area (Å²) in [4.78, 5) is 0. The zero-order chi connectivity index (χ0) is 22.4. The second-order valence-corrected chi connectivity index (χ2v) is 6.34. The van der Waals surface area contributed by atoms with Crippen LogP contribution in [-0.4, -0.2) is 0 Å². The molecular formula is C24H18F6. The molecule has 0 N–H and O–H groups in total. The van der Waals surface area contributed by atoms with Gasteiger partial charge in [-0.05, 0) is 60.4 Å². The largest absolute Gasteiger partial charge is 0.416 e. The molecule has 30 heavy (non-hydrogen) atoms. The zero-order valence-corrected chi connectivity index (χ0v) is 15.9. The SMILES string of the molecule is C=CC/C(C#Cc1ccc(C(F)(F)F)cc1)=C(/CC=C)c1ccc(C(F)(F)F)cc1. The van der Waals surface area contributed by atoms with Crippen molar-refractivity contribution in [3.05, 3.63) is 102 Å². The Balaban J connectivity index is 2.46. The van der Waals surface area contributed by atoms with Crippen molar-refractivity contribution < 1.29 is 26.3 Å². The third-order valence-corrected chi connectivity index (χ3v) is 4.19. The molecule has 0 atom stereocenters. The highest BCUT2D eigenvalue weighted by Gasteiger charge is 2.30. The van der Waals surface area contributed by atoms with Crippen LogP contribution in [0, 0.1) is 11.8 Å². The minimum Gasteiger partial charge on any atom is -0.166 e. The van der Waals surface area contributed by atoms with Crippen molar-refractivity contribution in [3.63, 3.8) is 0 Å². The number of hydrogen-bond donors (Lipinski definition) is 0. The quantitative estimate of drug-likeness (QED) is 0.264. The van der Waals surface area contributed by atoms with Crippen LogP contribution in [-0.2, 0) is 12.4 Å². The maximum absolute atomic E-state index is 12.8. The summed E-state index contributed by atoms with van der Waals surface area (Å²) < 4.78 is 76.5. The van der Waals surface area contributed by atoms with Gasteiger partial charge >= 0.3 is 12.4 Å². The molecule has 0 aromatic heterocycles. The van der Waals surface area contributed by atoms with Crippen molar-refractivity contribution in [1.82, 2.24) is 0 Å². The van der Waals surface area contributed by atoms with Crippen LogP contribution < -0.4 is 0 Å². The Bertz CT molecular complexity index is 976. The van der Waals surface area contributed by atoms with E-state index in [1.807, 2.05) is 0 Å². The monoisotopic (exact) mass is 420 g/mol. The number of allylic oxidation sites excluding steroid dienone is 4. The maximum Gasteiger partial charge on any atom is 0.416 e. The smallest absolute Gasteiger partial charge is 0.166 e. The summed E-state index contributed by atoms with van der Waals surface area (Å²) in [7, 11) is 0. The van der Waals surface area contributed by atoms with Crippen LogP contribution in [0.25, 0.3) is 5.57 Å². The first-order valence-electron chi connectivity index (χ1n) is 8.87. The van der Waals surface area contributed by atoms with E-state index in [0.717, 1.165) is 24.3 Å². The lowest BCUT2D eigenvalue weighted by Gasteiger charge is -2.12. The third-order valence-electron chi connectivity index (χ3n) is 4.19. The Labute approximate surface area is 171 Å². The molecular weight excluding hydrogens is 402 g/mol. The maximum atomic E-state index is 12.8. The Hall–Kier alpha value is -3.20. The van der Waals surface area contributed by atoms with E-state index in [2.05, 4.69) is 25.0 Å². The van der Waals surface area contributed by atoms with Crippen LogP contribution in [0.1, 0.15) is 35.1 Å². The zero-order valence-electron chi connectivity index (χ0n) is 15.9. The van der Waals surface area contributed by atoms with E-state index in [9.17, 15) is 26.3 Å². The van der Waals surface area contributed by atoms with Crippen LogP contribution in [0.2, 0.25) is 0 Å². The van der Waals surface area contributed by atoms with Gasteiger partial charge in [0.25, 0.3) is 0 Å². The molecule has 2 aromatic carbocycles. The van der Waals surface area contributed by atoms with E-state index in [-0.39, 0.29) is 0 Å². The number of halogens is 6. The highest BCUT2D eigenvalue weighted by Crippen LogP contribution is 2.32. The normalized spacial score (nSPS) is 12.5. The van der Waals surface area contributed by atoms with E-state index >= 15 is 0 Å². The van der Waals surface area contributed by atoms with Crippen LogP contribution in [0.5, 0.6) is 0 Å². The number of rotatable bonds is 5. The van der Waals surface area contributed by atoms with Gasteiger partial charge in [0.1, 0.15) is 0 Å². The van der Waals surface area contributed by atoms with Crippen molar-refractivity contribution in [2.45, 2.75) is 25.2 Å². The molecule has 0 unspecified atom stereocenters. The molecule has 6 heteroatoms. The summed E-state index contributed by atoms with van der Waals surface area (Å²) in [6.45, 7) is 7.36. The molecule has 0 saturated carbocycles. The van der Waals surface area contributed by atoms with E-state index in [1.54, 1.807) is 12.2 Å². The van der Waals surface area contributed by atoms with Gasteiger partial charge in [-0.1, -0.05) is 36.1 Å². The molecule has 0 heterocycles. The first-order valence-corrected chi connectivity index (χ1v) is 8.87. The van der Waals surface area contributed by atoms with Crippen molar-refractivity contribution in [3.8, 4) is 11.8 Å². The lowest BCUT2D eigenvalue weighted by atomic mass is 9.94. The fourth-order valence-corrected chi connectivity index (χ4v) is 2.70. The molecule has 2 aromatic rings. The van der Waals surface area contributed by atoms with E-state index < -0.39 is 23.5 Å². The fourth-order valence-electron chi connectivity index (χ4n) is 2.70. The number of hydrogen-bond acceptors (Lipinski definition) is 0. The Morgan fingerprint density at radius 3 is 1.63 bits per heavy atom. The van der Waals surface area contributed by atoms with Gasteiger partial charge < -0.3 is 0 Å². The fraction of sp³-hybridized carbons (Fsp3) is 0.167. The molecule has 0 amide bonds. The van der Waals surface area contributed by atoms with Crippen LogP contribution >= 0.6 is 0 Å². The summed E-state index contributed by atoms with van der Waals surface area (Å²) in [5.41, 5.74) is 0.691. The molecule has 0 spiro atoms. The summed E-state index contributed by atoms with van der Waals surface area (Å²) >= 11 is 0. The molecule has 0 aliphatic heterocycles. The first kappa shape index (κ1) is 23.1. The lowest BCUT2D eigenvalue weighted by Crippen LogP contribution is -2.04. The van der Waals surface area contributed by atoms with Gasteiger partial charge in [0, 0.05) is 11.1 Å². The minimum absolute atomic E-state index is 0.345. The summed E-state index contributed by atoms with van der Waals surface area (Å²) in [6, 6.07) is 9.15. The number of alkyl halides is 6. The predicted octanol–water partition coefficient (Wildman–Crippen LogP) is 7.68. The second-order valence-electron chi connectivity index (χ2n) is 6.34. The van der Waals surface area contributed by atoms with Gasteiger partial charge in [0.2, 0.25) is 0 Å². The van der Waals surface area contributed by atoms with Gasteiger partial charge in [0.05, 0.1) is 11.1 Å². The first-order chi connectivity index (χ1) is 14.1. The average Bonchev–Trinajstić information content (AvgIpc) is 2.69. The van der Waals surface area contributed by atoms with Crippen molar-refractivity contribution >= 4 is 5.57 Å². The van der Waals surface area contributed by atoms with E-state index in [0.29, 0.717) is 35.1 Å². The summed E-state index contributed by atoms with van der Waals surface area (Å²) in [5.74, 6) is 5.75. The molecule has 0 aliphatic rings. The van der Waals surface area contributed by atoms with Crippen LogP contribution in [0.4, 0.5) is 26.3 Å². The highest BCUT2D eigenvalue weighted by atomic mass is 19.4. The lowest BCUT2D eigenvalue weighted by molar-refractivity contribution is -0.138. The topological polar surface area (TPSA) is 0 Å². The van der Waals surface area contributed by atoms with Crippen molar-refractivity contribution in [2.75, 3.05) is 0 Å². The second kappa shape index (κ2) is 9.53. The molecule has 0 saturated heterocycles. The molecule has 156 valence electrons. The van der Waals surface area contributed by atoms with Gasteiger partial charge in [-0.2, -0.15) is 26.3 Å². The number of benzene rings is 2. The van der Waals surface area contributed by atoms with E-state index in [1.165, 1.54) is 24.3 Å². The molecule has 0 aliphatic carbocycles. The molecule has 2 rings (SSSR count). The Kier molecular flexibility index (Phi) is 7.33. The summed E-state index contributed by atoms with van der Waals surface area (Å²) in [6.07, 6.45) is -4.96. The van der Waals surface area contributed by atoms with E-state index in [4.69, 9.17) is 0 Å². The van der Waals surface area contributed by atoms with Crippen molar-refractivity contribution in [1.29, 1.82) is 0 Å². The molecule has 0 nitrogen and oxygen atoms in total. The Morgan fingerprint density at radius 1 is 0.733 bits per heavy atom. The van der Waals surface area contributed by atoms with Crippen LogP contribution in [0.3, 0.4) is 0 Å². The third kappa shape index (κ3) is 6.15. The summed E-state index contributed by atoms with van der Waals surface area (Å²) in [5, 5.41) is 0. The van der Waals surface area contributed by atoms with Gasteiger partial charge in [0.15, 0.2) is 0 Å². The highest BCUT2D eigenvalue weighted by molar-refractivity contribution is 5.74. The molecule has 0 radical (unpaired) electrons. The molecule has 0 bridgehead atoms. The average molecular weight is 420 g/mol. The van der Waals surface area contributed by atoms with Crippen LogP contribution in [0.15, 0.2) is 79.4 Å². The molecule has 0 fully saturated rings. The minimum atomic E-state index is -4.44. The standard InChI is InChI=1S/C24H18F6/c1-3-5-18(10-7-17-8-13-20(14-9-17)23(25,26)27)22(6-4-2)19-11-15-21(16-12-19)24(28,29)30/h3-4,8-9,11-16H,1-2,5-6H2/b22-18+.